The summed E-state index contributed by atoms with van der Waals surface area (Å²) < 4.78 is 0. The summed E-state index contributed by atoms with van der Waals surface area (Å²) in [7, 11) is 0. The molecule has 2 rings (SSSR count). The highest BCUT2D eigenvalue weighted by atomic mass is 17.0. The van der Waals surface area contributed by atoms with E-state index in [2.05, 4.69) is 24.3 Å². The van der Waals surface area contributed by atoms with E-state index in [1.165, 1.54) is 19.3 Å². The van der Waals surface area contributed by atoms with Crippen LogP contribution in [0, 0.1) is 0 Å². The van der Waals surface area contributed by atoms with E-state index in [0.29, 0.717) is 0 Å². The van der Waals surface area contributed by atoms with Crippen LogP contribution in [0.5, 0.6) is 0 Å². The first-order chi connectivity index (χ1) is 5.47. The smallest absolute Gasteiger partial charge is 0.0273 e. The first-order valence-electron chi connectivity index (χ1n) is 3.73. The van der Waals surface area contributed by atoms with Gasteiger partial charge in [-0.1, -0.05) is 24.3 Å². The molecule has 60 valence electrons. The summed E-state index contributed by atoms with van der Waals surface area (Å²) in [6, 6.07) is 8.74. The molecule has 2 heteroatoms. The molecule has 0 radical (unpaired) electrons. The Morgan fingerprint density at radius 3 is 1.82 bits per heavy atom. The topological polar surface area (TPSA) is 40.5 Å². The van der Waals surface area contributed by atoms with Crippen LogP contribution in [0.3, 0.4) is 0 Å². The maximum atomic E-state index is 6.00. The fraction of sp³-hybridized carbons (Fsp3) is 0.333. The third-order valence-electron chi connectivity index (χ3n) is 2.01. The fourth-order valence-corrected chi connectivity index (χ4v) is 1.51. The van der Waals surface area contributed by atoms with Crippen LogP contribution in [0.15, 0.2) is 24.3 Å². The predicted molar refractivity (Wildman–Crippen MR) is 43.7 cm³/mol. The molecule has 0 aliphatic heterocycles. The molecule has 0 saturated carbocycles. The number of hydrogen-bond acceptors (Lipinski definition) is 2. The molecule has 2 N–H and O–H groups in total. The number of rotatable bonds is 0. The first kappa shape index (κ1) is 8.24. The summed E-state index contributed by atoms with van der Waals surface area (Å²) >= 11 is 0. The molecule has 0 aromatic heterocycles. The van der Waals surface area contributed by atoms with E-state index in [9.17, 15) is 0 Å². The van der Waals surface area contributed by atoms with Crippen molar-refractivity contribution < 1.29 is 10.5 Å². The van der Waals surface area contributed by atoms with Crippen molar-refractivity contribution in [2.24, 2.45) is 0 Å². The summed E-state index contributed by atoms with van der Waals surface area (Å²) in [4.78, 5) is 0. The zero-order chi connectivity index (χ0) is 8.10. The SMILES string of the molecule is OO.c1ccc2c(c1)CCC2. The second-order valence-electron chi connectivity index (χ2n) is 2.62. The van der Waals surface area contributed by atoms with E-state index in [0.717, 1.165) is 0 Å². The fourth-order valence-electron chi connectivity index (χ4n) is 1.51. The van der Waals surface area contributed by atoms with Gasteiger partial charge in [0.1, 0.15) is 0 Å². The summed E-state index contributed by atoms with van der Waals surface area (Å²) in [5.41, 5.74) is 3.13. The zero-order valence-corrected chi connectivity index (χ0v) is 6.33. The molecule has 1 aromatic rings. The Bertz CT molecular complexity index is 198. The second kappa shape index (κ2) is 4.11. The maximum Gasteiger partial charge on any atom is -0.0273 e. The molecule has 0 spiro atoms. The van der Waals surface area contributed by atoms with Crippen LogP contribution in [-0.2, 0) is 12.8 Å². The quantitative estimate of drug-likeness (QED) is 0.442. The molecule has 0 unspecified atom stereocenters. The Morgan fingerprint density at radius 1 is 0.909 bits per heavy atom. The summed E-state index contributed by atoms with van der Waals surface area (Å²) in [6.07, 6.45) is 3.96. The molecule has 0 saturated heterocycles. The Balaban J connectivity index is 0.000000281. The highest BCUT2D eigenvalue weighted by molar-refractivity contribution is 5.30. The van der Waals surface area contributed by atoms with Gasteiger partial charge in [0.2, 0.25) is 0 Å². The van der Waals surface area contributed by atoms with Crippen molar-refractivity contribution >= 4 is 0 Å². The van der Waals surface area contributed by atoms with E-state index in [1.54, 1.807) is 11.1 Å². The number of hydrogen-bond donors (Lipinski definition) is 2. The Morgan fingerprint density at radius 2 is 1.36 bits per heavy atom. The van der Waals surface area contributed by atoms with Crippen LogP contribution < -0.4 is 0 Å². The lowest BCUT2D eigenvalue weighted by Gasteiger charge is -1.93. The molecule has 0 heterocycles. The third-order valence-corrected chi connectivity index (χ3v) is 2.01. The van der Waals surface area contributed by atoms with E-state index in [4.69, 9.17) is 10.5 Å². The van der Waals surface area contributed by atoms with E-state index < -0.39 is 0 Å². The predicted octanol–water partition coefficient (Wildman–Crippen LogP) is 2.19. The minimum absolute atomic E-state index is 1.30. The van der Waals surface area contributed by atoms with Gasteiger partial charge in [-0.2, -0.15) is 0 Å². The molecule has 1 aromatic carbocycles. The van der Waals surface area contributed by atoms with Crippen LogP contribution in [-0.4, -0.2) is 10.5 Å². The van der Waals surface area contributed by atoms with Gasteiger partial charge < -0.3 is 0 Å². The average molecular weight is 152 g/mol. The molecule has 1 aliphatic rings. The number of fused-ring (bicyclic) bond motifs is 1. The van der Waals surface area contributed by atoms with Gasteiger partial charge in [0.05, 0.1) is 0 Å². The summed E-state index contributed by atoms with van der Waals surface area (Å²) in [5, 5.41) is 12.0. The monoisotopic (exact) mass is 152 g/mol. The van der Waals surface area contributed by atoms with Crippen LogP contribution in [0.25, 0.3) is 0 Å². The normalized spacial score (nSPS) is 13.3. The van der Waals surface area contributed by atoms with Crippen molar-refractivity contribution in [2.45, 2.75) is 19.3 Å². The van der Waals surface area contributed by atoms with Gasteiger partial charge in [-0.15, -0.1) is 0 Å². The van der Waals surface area contributed by atoms with Gasteiger partial charge >= 0.3 is 0 Å². The number of benzene rings is 1. The first-order valence-corrected chi connectivity index (χ1v) is 3.73. The van der Waals surface area contributed by atoms with Gasteiger partial charge in [0.15, 0.2) is 0 Å². The van der Waals surface area contributed by atoms with E-state index in [-0.39, 0.29) is 0 Å². The van der Waals surface area contributed by atoms with Crippen molar-refractivity contribution in [1.29, 1.82) is 0 Å². The maximum absolute atomic E-state index is 6.00. The van der Waals surface area contributed by atoms with Gasteiger partial charge in [0, 0.05) is 0 Å². The summed E-state index contributed by atoms with van der Waals surface area (Å²) in [5.74, 6) is 0. The lowest BCUT2D eigenvalue weighted by Crippen LogP contribution is -1.77. The highest BCUT2D eigenvalue weighted by Crippen LogP contribution is 2.20. The third kappa shape index (κ3) is 1.79. The van der Waals surface area contributed by atoms with E-state index in [1.807, 2.05) is 0 Å². The molecule has 11 heavy (non-hydrogen) atoms. The molecule has 2 nitrogen and oxygen atoms in total. The standard InChI is InChI=1S/C9H10.H2O2/c1-2-5-9-7-3-6-8(9)4-1;1-2/h1-2,4-5H,3,6-7H2;1-2H. The summed E-state index contributed by atoms with van der Waals surface area (Å²) in [6.45, 7) is 0. The molecule has 0 fully saturated rings. The molecular formula is C9H12O2. The van der Waals surface area contributed by atoms with Crippen LogP contribution in [0.2, 0.25) is 0 Å². The van der Waals surface area contributed by atoms with Gasteiger partial charge in [-0.3, -0.25) is 10.5 Å². The molecule has 0 amide bonds. The van der Waals surface area contributed by atoms with Crippen molar-refractivity contribution in [3.63, 3.8) is 0 Å². The highest BCUT2D eigenvalue weighted by Gasteiger charge is 2.07. The van der Waals surface area contributed by atoms with E-state index >= 15 is 0 Å². The minimum Gasteiger partial charge on any atom is -0.255 e. The van der Waals surface area contributed by atoms with Crippen LogP contribution in [0.4, 0.5) is 0 Å². The lowest BCUT2D eigenvalue weighted by molar-refractivity contribution is -0.176. The molecule has 0 bridgehead atoms. The van der Waals surface area contributed by atoms with Crippen molar-refractivity contribution in [2.75, 3.05) is 0 Å². The Hall–Kier alpha value is -0.860. The average Bonchev–Trinajstić information content (AvgIpc) is 2.55. The Labute approximate surface area is 66.0 Å². The zero-order valence-electron chi connectivity index (χ0n) is 6.33. The van der Waals surface area contributed by atoms with Gasteiger partial charge in [-0.25, -0.2) is 0 Å². The van der Waals surface area contributed by atoms with Crippen molar-refractivity contribution in [3.8, 4) is 0 Å². The van der Waals surface area contributed by atoms with Gasteiger partial charge in [-0.05, 0) is 30.4 Å². The van der Waals surface area contributed by atoms with Gasteiger partial charge in [0.25, 0.3) is 0 Å². The Kier molecular flexibility index (Phi) is 3.08. The minimum atomic E-state index is 1.30. The van der Waals surface area contributed by atoms with Crippen LogP contribution in [0.1, 0.15) is 17.5 Å². The second-order valence-corrected chi connectivity index (χ2v) is 2.62. The largest absolute Gasteiger partial charge is 0.255 e. The molecule has 0 atom stereocenters. The van der Waals surface area contributed by atoms with Crippen molar-refractivity contribution in [1.82, 2.24) is 0 Å². The lowest BCUT2D eigenvalue weighted by atomic mass is 10.1. The van der Waals surface area contributed by atoms with Crippen LogP contribution >= 0.6 is 0 Å². The number of aryl methyl sites for hydroxylation is 2. The van der Waals surface area contributed by atoms with Crippen molar-refractivity contribution in [3.05, 3.63) is 35.4 Å². The molecular weight excluding hydrogens is 140 g/mol. The molecule has 1 aliphatic carbocycles.